The van der Waals surface area contributed by atoms with Crippen LogP contribution in [0.5, 0.6) is 0 Å². The van der Waals surface area contributed by atoms with Gasteiger partial charge in [0.15, 0.2) is 0 Å². The summed E-state index contributed by atoms with van der Waals surface area (Å²) in [4.78, 5) is 15.1. The Bertz CT molecular complexity index is 868. The van der Waals surface area contributed by atoms with Gasteiger partial charge in [-0.05, 0) is 49.6 Å². The molecule has 4 rings (SSSR count). The van der Waals surface area contributed by atoms with Gasteiger partial charge in [-0.3, -0.25) is 9.48 Å². The zero-order chi connectivity index (χ0) is 17.2. The van der Waals surface area contributed by atoms with Crippen molar-refractivity contribution in [1.82, 2.24) is 24.5 Å². The molecule has 0 aliphatic carbocycles. The second-order valence-corrected chi connectivity index (χ2v) is 6.43. The Morgan fingerprint density at radius 1 is 1.16 bits per heavy atom. The van der Waals surface area contributed by atoms with Crippen LogP contribution in [0.3, 0.4) is 0 Å². The molecular weight excluding hydrogens is 314 g/mol. The summed E-state index contributed by atoms with van der Waals surface area (Å²) < 4.78 is 3.56. The maximum absolute atomic E-state index is 13.2. The SMILES string of the molecule is Cn1ccc(C2CCCCN2C(=O)c2cccc(-n3cccn3)c2)n1. The summed E-state index contributed by atoms with van der Waals surface area (Å²) in [6.45, 7) is 0.770. The highest BCUT2D eigenvalue weighted by atomic mass is 16.2. The first kappa shape index (κ1) is 15.6. The molecule has 1 saturated heterocycles. The molecule has 128 valence electrons. The molecule has 0 bridgehead atoms. The van der Waals surface area contributed by atoms with E-state index in [1.54, 1.807) is 15.6 Å². The molecule has 0 spiro atoms. The minimum absolute atomic E-state index is 0.0517. The lowest BCUT2D eigenvalue weighted by Crippen LogP contribution is -2.38. The summed E-state index contributed by atoms with van der Waals surface area (Å²) in [7, 11) is 1.91. The number of rotatable bonds is 3. The van der Waals surface area contributed by atoms with Crippen LogP contribution in [0.15, 0.2) is 55.0 Å². The number of likely N-dealkylation sites (tertiary alicyclic amines) is 1. The average molecular weight is 335 g/mol. The van der Waals surface area contributed by atoms with Crippen LogP contribution in [0.2, 0.25) is 0 Å². The number of benzene rings is 1. The fraction of sp³-hybridized carbons (Fsp3) is 0.316. The van der Waals surface area contributed by atoms with Crippen molar-refractivity contribution < 1.29 is 4.79 Å². The highest BCUT2D eigenvalue weighted by Crippen LogP contribution is 2.31. The zero-order valence-corrected chi connectivity index (χ0v) is 14.2. The number of piperidine rings is 1. The van der Waals surface area contributed by atoms with E-state index in [0.717, 1.165) is 37.2 Å². The molecule has 0 saturated carbocycles. The Morgan fingerprint density at radius 2 is 2.08 bits per heavy atom. The van der Waals surface area contributed by atoms with Gasteiger partial charge in [0.2, 0.25) is 0 Å². The third-order valence-electron chi connectivity index (χ3n) is 4.70. The molecule has 25 heavy (non-hydrogen) atoms. The van der Waals surface area contributed by atoms with Crippen molar-refractivity contribution in [2.45, 2.75) is 25.3 Å². The van der Waals surface area contributed by atoms with E-state index in [1.807, 2.05) is 60.7 Å². The monoisotopic (exact) mass is 335 g/mol. The summed E-state index contributed by atoms with van der Waals surface area (Å²) in [5, 5.41) is 8.77. The van der Waals surface area contributed by atoms with Crippen molar-refractivity contribution in [3.05, 3.63) is 66.2 Å². The third kappa shape index (κ3) is 3.07. The Balaban J connectivity index is 1.63. The maximum Gasteiger partial charge on any atom is 0.254 e. The van der Waals surface area contributed by atoms with Crippen LogP contribution in [-0.2, 0) is 7.05 Å². The molecule has 1 fully saturated rings. The number of carbonyl (C=O) groups is 1. The van der Waals surface area contributed by atoms with Crippen molar-refractivity contribution in [1.29, 1.82) is 0 Å². The topological polar surface area (TPSA) is 56.0 Å². The van der Waals surface area contributed by atoms with E-state index in [2.05, 4.69) is 10.2 Å². The molecule has 0 N–H and O–H groups in total. The van der Waals surface area contributed by atoms with Crippen LogP contribution in [0, 0.1) is 0 Å². The molecule has 0 radical (unpaired) electrons. The molecule has 6 heteroatoms. The van der Waals surface area contributed by atoms with Gasteiger partial charge in [0.25, 0.3) is 5.91 Å². The molecule has 3 heterocycles. The number of aromatic nitrogens is 4. The first-order valence-corrected chi connectivity index (χ1v) is 8.63. The van der Waals surface area contributed by atoms with Crippen molar-refractivity contribution in [2.24, 2.45) is 7.05 Å². The minimum Gasteiger partial charge on any atom is -0.330 e. The van der Waals surface area contributed by atoms with Crippen LogP contribution < -0.4 is 0 Å². The first-order chi connectivity index (χ1) is 12.2. The molecule has 1 aliphatic rings. The van der Waals surface area contributed by atoms with Gasteiger partial charge in [0.05, 0.1) is 17.4 Å². The average Bonchev–Trinajstić information content (AvgIpc) is 3.33. The van der Waals surface area contributed by atoms with Gasteiger partial charge in [0, 0.05) is 37.7 Å². The van der Waals surface area contributed by atoms with Gasteiger partial charge in [-0.1, -0.05) is 6.07 Å². The minimum atomic E-state index is 0.0517. The van der Waals surface area contributed by atoms with Crippen LogP contribution in [0.4, 0.5) is 0 Å². The zero-order valence-electron chi connectivity index (χ0n) is 14.2. The van der Waals surface area contributed by atoms with Crippen LogP contribution in [0.1, 0.15) is 41.4 Å². The Labute approximate surface area is 146 Å². The van der Waals surface area contributed by atoms with Gasteiger partial charge in [-0.15, -0.1) is 0 Å². The van der Waals surface area contributed by atoms with E-state index < -0.39 is 0 Å². The highest BCUT2D eigenvalue weighted by molar-refractivity contribution is 5.95. The molecule has 1 amide bonds. The van der Waals surface area contributed by atoms with Gasteiger partial charge in [0.1, 0.15) is 0 Å². The number of aryl methyl sites for hydroxylation is 1. The number of hydrogen-bond donors (Lipinski definition) is 0. The predicted octanol–water partition coefficient (Wildman–Crippen LogP) is 2.97. The lowest BCUT2D eigenvalue weighted by molar-refractivity contribution is 0.0605. The van der Waals surface area contributed by atoms with Crippen LogP contribution >= 0.6 is 0 Å². The Kier molecular flexibility index (Phi) is 4.09. The normalized spacial score (nSPS) is 17.6. The van der Waals surface area contributed by atoms with Gasteiger partial charge in [-0.2, -0.15) is 10.2 Å². The Morgan fingerprint density at radius 3 is 2.84 bits per heavy atom. The number of carbonyl (C=O) groups excluding carboxylic acids is 1. The van der Waals surface area contributed by atoms with Gasteiger partial charge >= 0.3 is 0 Å². The van der Waals surface area contributed by atoms with Gasteiger partial charge in [-0.25, -0.2) is 4.68 Å². The fourth-order valence-corrected chi connectivity index (χ4v) is 3.46. The molecule has 3 aromatic rings. The maximum atomic E-state index is 13.2. The summed E-state index contributed by atoms with van der Waals surface area (Å²) in [6, 6.07) is 11.6. The van der Waals surface area contributed by atoms with Crippen molar-refractivity contribution in [3.8, 4) is 5.69 Å². The van der Waals surface area contributed by atoms with Crippen LogP contribution in [0.25, 0.3) is 5.69 Å². The molecule has 6 nitrogen and oxygen atoms in total. The number of hydrogen-bond acceptors (Lipinski definition) is 3. The quantitative estimate of drug-likeness (QED) is 0.739. The molecular formula is C19H21N5O. The van der Waals surface area contributed by atoms with E-state index in [4.69, 9.17) is 0 Å². The molecule has 1 atom stereocenters. The molecule has 1 aromatic carbocycles. The number of nitrogens with zero attached hydrogens (tertiary/aromatic N) is 5. The standard InChI is InChI=1S/C19H21N5O/c1-22-13-9-17(21-22)18-8-2-3-11-23(18)19(25)15-6-4-7-16(14-15)24-12-5-10-20-24/h4-7,9-10,12-14,18H,2-3,8,11H2,1H3. The second kappa shape index (κ2) is 6.55. The van der Waals surface area contributed by atoms with Gasteiger partial charge < -0.3 is 4.90 Å². The van der Waals surface area contributed by atoms with E-state index in [1.165, 1.54) is 0 Å². The molecule has 1 unspecified atom stereocenters. The first-order valence-electron chi connectivity index (χ1n) is 8.63. The van der Waals surface area contributed by atoms with Crippen LogP contribution in [-0.4, -0.2) is 36.9 Å². The van der Waals surface area contributed by atoms with E-state index >= 15 is 0 Å². The summed E-state index contributed by atoms with van der Waals surface area (Å²) >= 11 is 0. The third-order valence-corrected chi connectivity index (χ3v) is 4.70. The van der Waals surface area contributed by atoms with E-state index in [0.29, 0.717) is 5.56 Å². The van der Waals surface area contributed by atoms with Crippen molar-refractivity contribution in [2.75, 3.05) is 6.54 Å². The van der Waals surface area contributed by atoms with Crippen molar-refractivity contribution in [3.63, 3.8) is 0 Å². The van der Waals surface area contributed by atoms with E-state index in [9.17, 15) is 4.79 Å². The lowest BCUT2D eigenvalue weighted by Gasteiger charge is -2.35. The second-order valence-electron chi connectivity index (χ2n) is 6.43. The van der Waals surface area contributed by atoms with E-state index in [-0.39, 0.29) is 11.9 Å². The number of amides is 1. The summed E-state index contributed by atoms with van der Waals surface area (Å²) in [5.41, 5.74) is 2.55. The lowest BCUT2D eigenvalue weighted by atomic mass is 9.98. The smallest absolute Gasteiger partial charge is 0.254 e. The molecule has 2 aromatic heterocycles. The summed E-state index contributed by atoms with van der Waals surface area (Å²) in [6.07, 6.45) is 8.66. The highest BCUT2D eigenvalue weighted by Gasteiger charge is 2.30. The molecule has 1 aliphatic heterocycles. The largest absolute Gasteiger partial charge is 0.330 e. The summed E-state index contributed by atoms with van der Waals surface area (Å²) in [5.74, 6) is 0.0596. The van der Waals surface area contributed by atoms with Crippen molar-refractivity contribution >= 4 is 5.91 Å². The fourth-order valence-electron chi connectivity index (χ4n) is 3.46. The predicted molar refractivity (Wildman–Crippen MR) is 94.4 cm³/mol. The Hall–Kier alpha value is -2.89.